The standard InChI is InChI=1S/C18H18FN3O2S2/c1-3-13-9-14-16(26-13)21-18(22(4-2)17(14)24)25-10-15(23)20-12-7-5-11(19)6-8-12/h5-9H,3-4,10H2,1-2H3,(H,20,23). The van der Waals surface area contributed by atoms with Crippen LogP contribution in [0.5, 0.6) is 0 Å². The highest BCUT2D eigenvalue weighted by Gasteiger charge is 2.14. The van der Waals surface area contributed by atoms with E-state index < -0.39 is 0 Å². The first kappa shape index (κ1) is 18.6. The smallest absolute Gasteiger partial charge is 0.262 e. The number of amides is 1. The van der Waals surface area contributed by atoms with Crippen molar-refractivity contribution in [2.24, 2.45) is 0 Å². The lowest BCUT2D eigenvalue weighted by molar-refractivity contribution is -0.113. The Morgan fingerprint density at radius 2 is 2.04 bits per heavy atom. The van der Waals surface area contributed by atoms with Crippen LogP contribution in [0, 0.1) is 5.82 Å². The number of hydrogen-bond acceptors (Lipinski definition) is 5. The third-order valence-corrected chi connectivity index (χ3v) is 5.94. The predicted octanol–water partition coefficient (Wildman–Crippen LogP) is 3.91. The van der Waals surface area contributed by atoms with Gasteiger partial charge in [-0.15, -0.1) is 11.3 Å². The molecule has 0 bridgehead atoms. The van der Waals surface area contributed by atoms with Gasteiger partial charge in [-0.1, -0.05) is 18.7 Å². The molecule has 0 aliphatic carbocycles. The summed E-state index contributed by atoms with van der Waals surface area (Å²) in [6.45, 7) is 4.41. The maximum absolute atomic E-state index is 12.9. The summed E-state index contributed by atoms with van der Waals surface area (Å²) >= 11 is 2.73. The van der Waals surface area contributed by atoms with Gasteiger partial charge in [0.05, 0.1) is 11.1 Å². The Bertz CT molecular complexity index is 996. The third kappa shape index (κ3) is 3.96. The highest BCUT2D eigenvalue weighted by molar-refractivity contribution is 7.99. The normalized spacial score (nSPS) is 11.0. The Kier molecular flexibility index (Phi) is 5.73. The summed E-state index contributed by atoms with van der Waals surface area (Å²) in [6.07, 6.45) is 0.856. The molecule has 0 aliphatic rings. The monoisotopic (exact) mass is 391 g/mol. The van der Waals surface area contributed by atoms with E-state index in [1.54, 1.807) is 4.57 Å². The zero-order valence-electron chi connectivity index (χ0n) is 14.4. The van der Waals surface area contributed by atoms with Crippen molar-refractivity contribution in [2.75, 3.05) is 11.1 Å². The van der Waals surface area contributed by atoms with E-state index in [2.05, 4.69) is 10.3 Å². The van der Waals surface area contributed by atoms with Gasteiger partial charge in [-0.05, 0) is 43.7 Å². The molecule has 0 radical (unpaired) electrons. The number of fused-ring (bicyclic) bond motifs is 1. The lowest BCUT2D eigenvalue weighted by Gasteiger charge is -2.10. The number of carbonyl (C=O) groups is 1. The fourth-order valence-electron chi connectivity index (χ4n) is 2.47. The number of nitrogens with one attached hydrogen (secondary N) is 1. The van der Waals surface area contributed by atoms with Gasteiger partial charge in [0.15, 0.2) is 5.16 Å². The lowest BCUT2D eigenvalue weighted by atomic mass is 10.3. The number of thioether (sulfide) groups is 1. The van der Waals surface area contributed by atoms with Crippen molar-refractivity contribution in [3.05, 3.63) is 51.4 Å². The Labute approximate surface area is 158 Å². The van der Waals surface area contributed by atoms with E-state index in [1.165, 1.54) is 47.4 Å². The fourth-order valence-corrected chi connectivity index (χ4v) is 4.34. The van der Waals surface area contributed by atoms with Gasteiger partial charge in [-0.3, -0.25) is 14.2 Å². The van der Waals surface area contributed by atoms with E-state index in [-0.39, 0.29) is 23.0 Å². The summed E-state index contributed by atoms with van der Waals surface area (Å²) in [4.78, 5) is 31.2. The summed E-state index contributed by atoms with van der Waals surface area (Å²) in [7, 11) is 0. The molecule has 26 heavy (non-hydrogen) atoms. The number of anilines is 1. The molecule has 1 N–H and O–H groups in total. The SMILES string of the molecule is CCc1cc2c(=O)n(CC)c(SCC(=O)Nc3ccc(F)cc3)nc2s1. The minimum Gasteiger partial charge on any atom is -0.325 e. The summed E-state index contributed by atoms with van der Waals surface area (Å²) in [5.74, 6) is -0.482. The minimum absolute atomic E-state index is 0.0742. The van der Waals surface area contributed by atoms with E-state index >= 15 is 0 Å². The van der Waals surface area contributed by atoms with Gasteiger partial charge in [0.25, 0.3) is 5.56 Å². The Morgan fingerprint density at radius 1 is 1.31 bits per heavy atom. The minimum atomic E-state index is -0.357. The number of halogens is 1. The van der Waals surface area contributed by atoms with E-state index in [9.17, 15) is 14.0 Å². The molecule has 1 aromatic carbocycles. The molecule has 2 heterocycles. The quantitative estimate of drug-likeness (QED) is 0.511. The largest absolute Gasteiger partial charge is 0.325 e. The van der Waals surface area contributed by atoms with Crippen molar-refractivity contribution in [3.8, 4) is 0 Å². The summed E-state index contributed by atoms with van der Waals surface area (Å²) in [6, 6.07) is 7.48. The number of hydrogen-bond donors (Lipinski definition) is 1. The molecular weight excluding hydrogens is 373 g/mol. The first-order valence-corrected chi connectivity index (χ1v) is 10.0. The van der Waals surface area contributed by atoms with Crippen molar-refractivity contribution in [1.29, 1.82) is 0 Å². The molecule has 1 amide bonds. The molecule has 0 spiro atoms. The number of nitrogens with zero attached hydrogens (tertiary/aromatic N) is 2. The van der Waals surface area contributed by atoms with E-state index in [1.807, 2.05) is 19.9 Å². The maximum atomic E-state index is 12.9. The molecule has 0 aliphatic heterocycles. The highest BCUT2D eigenvalue weighted by Crippen LogP contribution is 2.25. The molecule has 8 heteroatoms. The van der Waals surface area contributed by atoms with Crippen LogP contribution in [-0.4, -0.2) is 21.2 Å². The molecule has 0 fully saturated rings. The van der Waals surface area contributed by atoms with Crippen LogP contribution < -0.4 is 10.9 Å². The average molecular weight is 391 g/mol. The number of aryl methyl sites for hydroxylation is 1. The van der Waals surface area contributed by atoms with Crippen LogP contribution in [0.25, 0.3) is 10.2 Å². The molecule has 2 aromatic heterocycles. The number of thiophene rings is 1. The summed E-state index contributed by atoms with van der Waals surface area (Å²) in [5.41, 5.74) is 0.453. The molecule has 136 valence electrons. The molecule has 3 aromatic rings. The first-order valence-electron chi connectivity index (χ1n) is 8.23. The number of aromatic nitrogens is 2. The molecule has 0 saturated carbocycles. The van der Waals surface area contributed by atoms with Crippen LogP contribution in [-0.2, 0) is 17.8 Å². The summed E-state index contributed by atoms with van der Waals surface area (Å²) < 4.78 is 14.5. The van der Waals surface area contributed by atoms with Crippen molar-refractivity contribution in [1.82, 2.24) is 9.55 Å². The lowest BCUT2D eigenvalue weighted by Crippen LogP contribution is -2.23. The van der Waals surface area contributed by atoms with Crippen LogP contribution in [0.2, 0.25) is 0 Å². The molecule has 0 unspecified atom stereocenters. The van der Waals surface area contributed by atoms with Gasteiger partial charge in [-0.2, -0.15) is 0 Å². The van der Waals surface area contributed by atoms with Gasteiger partial charge in [0.2, 0.25) is 5.91 Å². The third-order valence-electron chi connectivity index (χ3n) is 3.79. The van der Waals surface area contributed by atoms with E-state index in [4.69, 9.17) is 0 Å². The molecule has 3 rings (SSSR count). The van der Waals surface area contributed by atoms with Crippen LogP contribution in [0.1, 0.15) is 18.7 Å². The van der Waals surface area contributed by atoms with Crippen LogP contribution >= 0.6 is 23.1 Å². The predicted molar refractivity (Wildman–Crippen MR) is 105 cm³/mol. The molecule has 0 saturated heterocycles. The topological polar surface area (TPSA) is 64.0 Å². The van der Waals surface area contributed by atoms with Crippen LogP contribution in [0.3, 0.4) is 0 Å². The Morgan fingerprint density at radius 3 is 2.69 bits per heavy atom. The number of benzene rings is 1. The maximum Gasteiger partial charge on any atom is 0.262 e. The zero-order chi connectivity index (χ0) is 18.7. The van der Waals surface area contributed by atoms with Crippen molar-refractivity contribution in [3.63, 3.8) is 0 Å². The van der Waals surface area contributed by atoms with Crippen molar-refractivity contribution in [2.45, 2.75) is 32.0 Å². The fraction of sp³-hybridized carbons (Fsp3) is 0.278. The van der Waals surface area contributed by atoms with Gasteiger partial charge < -0.3 is 5.32 Å². The first-order chi connectivity index (χ1) is 12.5. The van der Waals surface area contributed by atoms with Crippen molar-refractivity contribution >= 4 is 44.9 Å². The molecule has 5 nitrogen and oxygen atoms in total. The molecular formula is C18H18FN3O2S2. The molecule has 0 atom stereocenters. The average Bonchev–Trinajstić information content (AvgIpc) is 3.05. The Balaban J connectivity index is 1.78. The summed E-state index contributed by atoms with van der Waals surface area (Å²) in [5, 5.41) is 3.87. The van der Waals surface area contributed by atoms with Crippen molar-refractivity contribution < 1.29 is 9.18 Å². The van der Waals surface area contributed by atoms with Gasteiger partial charge in [-0.25, -0.2) is 9.37 Å². The Hall–Kier alpha value is -2.19. The number of carbonyl (C=O) groups excluding carboxylic acids is 1. The van der Waals surface area contributed by atoms with Gasteiger partial charge in [0, 0.05) is 17.1 Å². The second-order valence-electron chi connectivity index (χ2n) is 5.57. The van der Waals surface area contributed by atoms with Gasteiger partial charge in [0.1, 0.15) is 10.6 Å². The zero-order valence-corrected chi connectivity index (χ0v) is 16.0. The van der Waals surface area contributed by atoms with Gasteiger partial charge >= 0.3 is 0 Å². The van der Waals surface area contributed by atoms with E-state index in [0.717, 1.165) is 11.3 Å². The van der Waals surface area contributed by atoms with Crippen LogP contribution in [0.15, 0.2) is 40.3 Å². The number of rotatable bonds is 6. The highest BCUT2D eigenvalue weighted by atomic mass is 32.2. The second-order valence-corrected chi connectivity index (χ2v) is 7.63. The van der Waals surface area contributed by atoms with E-state index in [0.29, 0.717) is 27.6 Å². The van der Waals surface area contributed by atoms with Crippen LogP contribution in [0.4, 0.5) is 10.1 Å². The second kappa shape index (κ2) is 8.01.